The molecule has 0 aliphatic heterocycles. The molecule has 0 bridgehead atoms. The van der Waals surface area contributed by atoms with Crippen LogP contribution in [0.3, 0.4) is 0 Å². The van der Waals surface area contributed by atoms with Crippen molar-refractivity contribution in [2.75, 3.05) is 0 Å². The summed E-state index contributed by atoms with van der Waals surface area (Å²) in [5.74, 6) is 0.902. The van der Waals surface area contributed by atoms with Crippen LogP contribution in [0.25, 0.3) is 16.8 Å². The van der Waals surface area contributed by atoms with Gasteiger partial charge in [0.15, 0.2) is 0 Å². The molecule has 0 saturated heterocycles. The van der Waals surface area contributed by atoms with E-state index < -0.39 is 0 Å². The van der Waals surface area contributed by atoms with Crippen molar-refractivity contribution in [3.8, 4) is 22.6 Å². The average molecular weight is 306 g/mol. The molecule has 0 fully saturated rings. The second kappa shape index (κ2) is 6.29. The van der Waals surface area contributed by atoms with Gasteiger partial charge >= 0.3 is 0 Å². The Labute approximate surface area is 137 Å². The van der Waals surface area contributed by atoms with Crippen LogP contribution >= 0.6 is 0 Å². The Kier molecular flexibility index (Phi) is 4.20. The standard InChI is InChI=1S/C20H22N2O/c1-14(2)23-19-9-7-17(8-10-19)18-6-5-15(3)20(13-18)22-12-11-16(4)21-22/h5-14H,1-4H3. The van der Waals surface area contributed by atoms with Gasteiger partial charge in [0, 0.05) is 6.20 Å². The Morgan fingerprint density at radius 3 is 2.22 bits per heavy atom. The van der Waals surface area contributed by atoms with Crippen LogP contribution < -0.4 is 4.74 Å². The smallest absolute Gasteiger partial charge is 0.119 e. The van der Waals surface area contributed by atoms with E-state index in [0.717, 1.165) is 17.1 Å². The number of nitrogens with zero attached hydrogens (tertiary/aromatic N) is 2. The Morgan fingerprint density at radius 1 is 0.913 bits per heavy atom. The van der Waals surface area contributed by atoms with Gasteiger partial charge < -0.3 is 4.74 Å². The Hall–Kier alpha value is -2.55. The van der Waals surface area contributed by atoms with Crippen molar-refractivity contribution >= 4 is 0 Å². The van der Waals surface area contributed by atoms with E-state index in [1.807, 2.05) is 49.8 Å². The second-order valence-electron chi connectivity index (χ2n) is 6.09. The van der Waals surface area contributed by atoms with Crippen molar-refractivity contribution in [3.05, 3.63) is 66.0 Å². The minimum absolute atomic E-state index is 0.190. The predicted molar refractivity (Wildman–Crippen MR) is 94.2 cm³/mol. The van der Waals surface area contributed by atoms with Crippen LogP contribution in [0.5, 0.6) is 5.75 Å². The van der Waals surface area contributed by atoms with E-state index in [1.165, 1.54) is 16.7 Å². The van der Waals surface area contributed by atoms with Crippen molar-refractivity contribution in [2.45, 2.75) is 33.8 Å². The third kappa shape index (κ3) is 3.45. The largest absolute Gasteiger partial charge is 0.491 e. The normalized spacial score (nSPS) is 11.0. The van der Waals surface area contributed by atoms with E-state index in [2.05, 4.69) is 42.4 Å². The summed E-state index contributed by atoms with van der Waals surface area (Å²) < 4.78 is 7.64. The molecule has 0 aliphatic rings. The summed E-state index contributed by atoms with van der Waals surface area (Å²) >= 11 is 0. The highest BCUT2D eigenvalue weighted by Gasteiger charge is 2.06. The number of benzene rings is 2. The zero-order chi connectivity index (χ0) is 16.4. The van der Waals surface area contributed by atoms with Gasteiger partial charge in [0.25, 0.3) is 0 Å². The summed E-state index contributed by atoms with van der Waals surface area (Å²) in [7, 11) is 0. The minimum Gasteiger partial charge on any atom is -0.491 e. The van der Waals surface area contributed by atoms with Crippen molar-refractivity contribution in [1.82, 2.24) is 9.78 Å². The molecule has 3 nitrogen and oxygen atoms in total. The van der Waals surface area contributed by atoms with Crippen LogP contribution in [0.4, 0.5) is 0 Å². The van der Waals surface area contributed by atoms with E-state index in [0.29, 0.717) is 0 Å². The molecule has 0 amide bonds. The predicted octanol–water partition coefficient (Wildman–Crippen LogP) is 4.94. The molecule has 23 heavy (non-hydrogen) atoms. The maximum absolute atomic E-state index is 5.71. The monoisotopic (exact) mass is 306 g/mol. The highest BCUT2D eigenvalue weighted by molar-refractivity contribution is 5.67. The fourth-order valence-corrected chi connectivity index (χ4v) is 2.58. The third-order valence-corrected chi connectivity index (χ3v) is 3.74. The molecule has 0 atom stereocenters. The highest BCUT2D eigenvalue weighted by Crippen LogP contribution is 2.26. The molecular formula is C20H22N2O. The van der Waals surface area contributed by atoms with Crippen molar-refractivity contribution in [3.63, 3.8) is 0 Å². The zero-order valence-corrected chi connectivity index (χ0v) is 14.1. The topological polar surface area (TPSA) is 27.1 Å². The lowest BCUT2D eigenvalue weighted by Gasteiger charge is -2.12. The maximum Gasteiger partial charge on any atom is 0.119 e. The van der Waals surface area contributed by atoms with Crippen molar-refractivity contribution < 1.29 is 4.74 Å². The van der Waals surface area contributed by atoms with Gasteiger partial charge in [-0.3, -0.25) is 0 Å². The first-order valence-electron chi connectivity index (χ1n) is 7.93. The summed E-state index contributed by atoms with van der Waals surface area (Å²) in [6.07, 6.45) is 2.19. The molecule has 3 rings (SSSR count). The lowest BCUT2D eigenvalue weighted by atomic mass is 10.0. The molecular weight excluding hydrogens is 284 g/mol. The number of aromatic nitrogens is 2. The van der Waals surface area contributed by atoms with Gasteiger partial charge in [0.2, 0.25) is 0 Å². The summed E-state index contributed by atoms with van der Waals surface area (Å²) in [6.45, 7) is 8.18. The summed E-state index contributed by atoms with van der Waals surface area (Å²) in [5.41, 5.74) is 5.68. The summed E-state index contributed by atoms with van der Waals surface area (Å²) in [6, 6.07) is 16.7. The molecule has 1 heterocycles. The van der Waals surface area contributed by atoms with Gasteiger partial charge in [-0.25, -0.2) is 4.68 Å². The molecule has 1 aromatic heterocycles. The third-order valence-electron chi connectivity index (χ3n) is 3.74. The maximum atomic E-state index is 5.71. The Balaban J connectivity index is 1.94. The molecule has 0 radical (unpaired) electrons. The first-order chi connectivity index (χ1) is 11.0. The quantitative estimate of drug-likeness (QED) is 0.682. The second-order valence-corrected chi connectivity index (χ2v) is 6.09. The first-order valence-corrected chi connectivity index (χ1v) is 7.93. The molecule has 3 aromatic rings. The van der Waals surface area contributed by atoms with Gasteiger partial charge in [0.1, 0.15) is 5.75 Å². The SMILES string of the molecule is Cc1ccn(-c2cc(-c3ccc(OC(C)C)cc3)ccc2C)n1. The molecule has 118 valence electrons. The molecule has 2 aromatic carbocycles. The van der Waals surface area contributed by atoms with E-state index in [1.54, 1.807) is 0 Å². The first kappa shape index (κ1) is 15.3. The Bertz CT molecular complexity index is 801. The molecule has 3 heteroatoms. The molecule has 0 saturated carbocycles. The van der Waals surface area contributed by atoms with Crippen LogP contribution in [-0.2, 0) is 0 Å². The minimum atomic E-state index is 0.190. The number of ether oxygens (including phenoxy) is 1. The fraction of sp³-hybridized carbons (Fsp3) is 0.250. The van der Waals surface area contributed by atoms with Crippen LogP contribution in [0, 0.1) is 13.8 Å². The van der Waals surface area contributed by atoms with Gasteiger partial charge in [-0.05, 0) is 68.7 Å². The summed E-state index contributed by atoms with van der Waals surface area (Å²) in [5, 5.41) is 4.52. The van der Waals surface area contributed by atoms with E-state index in [9.17, 15) is 0 Å². The van der Waals surface area contributed by atoms with Crippen molar-refractivity contribution in [1.29, 1.82) is 0 Å². The van der Waals surface area contributed by atoms with Crippen LogP contribution in [0.2, 0.25) is 0 Å². The average Bonchev–Trinajstić information content (AvgIpc) is 2.94. The van der Waals surface area contributed by atoms with E-state index in [4.69, 9.17) is 4.74 Å². The Morgan fingerprint density at radius 2 is 1.61 bits per heavy atom. The van der Waals surface area contributed by atoms with Gasteiger partial charge in [0.05, 0.1) is 17.5 Å². The lowest BCUT2D eigenvalue weighted by Crippen LogP contribution is -2.05. The molecule has 0 aliphatic carbocycles. The number of hydrogen-bond acceptors (Lipinski definition) is 2. The van der Waals surface area contributed by atoms with Crippen LogP contribution in [0.1, 0.15) is 25.1 Å². The number of hydrogen-bond donors (Lipinski definition) is 0. The van der Waals surface area contributed by atoms with E-state index in [-0.39, 0.29) is 6.10 Å². The zero-order valence-electron chi connectivity index (χ0n) is 14.1. The molecule has 0 unspecified atom stereocenters. The lowest BCUT2D eigenvalue weighted by molar-refractivity contribution is 0.242. The highest BCUT2D eigenvalue weighted by atomic mass is 16.5. The molecule has 0 N–H and O–H groups in total. The van der Waals surface area contributed by atoms with E-state index >= 15 is 0 Å². The summed E-state index contributed by atoms with van der Waals surface area (Å²) in [4.78, 5) is 0. The van der Waals surface area contributed by atoms with Crippen molar-refractivity contribution in [2.24, 2.45) is 0 Å². The number of aryl methyl sites for hydroxylation is 2. The van der Waals surface area contributed by atoms with Gasteiger partial charge in [-0.1, -0.05) is 24.3 Å². The van der Waals surface area contributed by atoms with Crippen LogP contribution in [-0.4, -0.2) is 15.9 Å². The van der Waals surface area contributed by atoms with Gasteiger partial charge in [-0.2, -0.15) is 5.10 Å². The number of rotatable bonds is 4. The van der Waals surface area contributed by atoms with Gasteiger partial charge in [-0.15, -0.1) is 0 Å². The fourth-order valence-electron chi connectivity index (χ4n) is 2.58. The van der Waals surface area contributed by atoms with Crippen LogP contribution in [0.15, 0.2) is 54.7 Å². The molecule has 0 spiro atoms.